The average molecular weight is 276 g/mol. The molecule has 108 valence electrons. The number of ketones is 1. The molecule has 5 nitrogen and oxygen atoms in total. The number of benzene rings is 1. The second kappa shape index (κ2) is 5.07. The van der Waals surface area contributed by atoms with E-state index in [1.807, 2.05) is 0 Å². The van der Waals surface area contributed by atoms with Crippen molar-refractivity contribution in [2.45, 2.75) is 32.5 Å². The molecule has 20 heavy (non-hydrogen) atoms. The predicted molar refractivity (Wildman–Crippen MR) is 75.3 cm³/mol. The van der Waals surface area contributed by atoms with Gasteiger partial charge in [-0.15, -0.1) is 0 Å². The number of fused-ring (bicyclic) bond motifs is 1. The summed E-state index contributed by atoms with van der Waals surface area (Å²) in [6.07, 6.45) is 0. The average Bonchev–Trinajstić information content (AvgIpc) is 2.74. The molecule has 0 aromatic heterocycles. The molecule has 1 aromatic rings. The van der Waals surface area contributed by atoms with E-state index in [9.17, 15) is 9.90 Å². The van der Waals surface area contributed by atoms with Gasteiger partial charge in [0.2, 0.25) is 5.78 Å². The Hall–Kier alpha value is -1.59. The fourth-order valence-corrected chi connectivity index (χ4v) is 3.16. The summed E-state index contributed by atoms with van der Waals surface area (Å²) in [4.78, 5) is 14.0. The van der Waals surface area contributed by atoms with Gasteiger partial charge in [-0.3, -0.25) is 9.69 Å². The third-order valence-electron chi connectivity index (χ3n) is 3.90. The van der Waals surface area contributed by atoms with Crippen LogP contribution in [0, 0.1) is 0 Å². The van der Waals surface area contributed by atoms with Crippen LogP contribution in [-0.2, 0) is 6.54 Å². The van der Waals surface area contributed by atoms with Crippen molar-refractivity contribution >= 4 is 5.78 Å². The minimum Gasteiger partial charge on any atom is -0.507 e. The van der Waals surface area contributed by atoms with Gasteiger partial charge in [-0.25, -0.2) is 0 Å². The van der Waals surface area contributed by atoms with Crippen molar-refractivity contribution in [3.05, 3.63) is 23.3 Å². The number of aromatic hydroxyl groups is 1. The maximum absolute atomic E-state index is 11.7. The molecule has 3 rings (SSSR count). The van der Waals surface area contributed by atoms with Crippen molar-refractivity contribution in [1.82, 2.24) is 10.2 Å². The number of nitrogens with zero attached hydrogens (tertiary/aromatic N) is 1. The topological polar surface area (TPSA) is 61.8 Å². The highest BCUT2D eigenvalue weighted by Gasteiger charge is 2.28. The first-order valence-corrected chi connectivity index (χ1v) is 7.04. The fraction of sp³-hybridized carbons (Fsp3) is 0.533. The van der Waals surface area contributed by atoms with E-state index in [4.69, 9.17) is 4.74 Å². The first-order chi connectivity index (χ1) is 9.54. The van der Waals surface area contributed by atoms with Gasteiger partial charge in [-0.1, -0.05) is 0 Å². The van der Waals surface area contributed by atoms with Gasteiger partial charge in [-0.2, -0.15) is 0 Å². The standard InChI is InChI=1S/C15H20N2O3/c1-9-5-17(6-10(2)16-9)7-12-13(18)4-3-11-14(19)8-20-15(11)12/h3-4,9-10,16,18H,5-8H2,1-2H3. The summed E-state index contributed by atoms with van der Waals surface area (Å²) in [6, 6.07) is 4.07. The lowest BCUT2D eigenvalue weighted by Crippen LogP contribution is -2.53. The van der Waals surface area contributed by atoms with Gasteiger partial charge in [0.1, 0.15) is 11.5 Å². The molecule has 1 saturated heterocycles. The van der Waals surface area contributed by atoms with E-state index in [0.717, 1.165) is 18.7 Å². The van der Waals surface area contributed by atoms with Crippen LogP contribution >= 0.6 is 0 Å². The number of piperazine rings is 1. The van der Waals surface area contributed by atoms with E-state index in [1.54, 1.807) is 12.1 Å². The zero-order chi connectivity index (χ0) is 14.3. The quantitative estimate of drug-likeness (QED) is 0.848. The molecule has 2 aliphatic heterocycles. The van der Waals surface area contributed by atoms with Crippen LogP contribution in [0.2, 0.25) is 0 Å². The molecule has 2 aliphatic rings. The van der Waals surface area contributed by atoms with Crippen molar-refractivity contribution in [3.8, 4) is 11.5 Å². The van der Waals surface area contributed by atoms with Gasteiger partial charge in [0.25, 0.3) is 0 Å². The Labute approximate surface area is 118 Å². The van der Waals surface area contributed by atoms with Gasteiger partial charge in [-0.05, 0) is 26.0 Å². The van der Waals surface area contributed by atoms with Crippen LogP contribution in [-0.4, -0.2) is 47.6 Å². The summed E-state index contributed by atoms with van der Waals surface area (Å²) < 4.78 is 5.47. The number of phenols is 1. The molecule has 0 bridgehead atoms. The Balaban J connectivity index is 1.86. The largest absolute Gasteiger partial charge is 0.507 e. The summed E-state index contributed by atoms with van der Waals surface area (Å²) in [6.45, 7) is 6.83. The lowest BCUT2D eigenvalue weighted by atomic mass is 10.0. The molecule has 0 spiro atoms. The number of nitrogens with one attached hydrogen (secondary N) is 1. The molecule has 5 heteroatoms. The molecule has 0 amide bonds. The first kappa shape index (κ1) is 13.4. The summed E-state index contributed by atoms with van der Waals surface area (Å²) in [7, 11) is 0. The number of rotatable bonds is 2. The Bertz CT molecular complexity index is 534. The van der Waals surface area contributed by atoms with E-state index >= 15 is 0 Å². The molecular formula is C15H20N2O3. The third kappa shape index (κ3) is 2.39. The number of carbonyl (C=O) groups excluding carboxylic acids is 1. The number of hydrogen-bond acceptors (Lipinski definition) is 5. The molecule has 2 unspecified atom stereocenters. The molecule has 0 aliphatic carbocycles. The van der Waals surface area contributed by atoms with Crippen molar-refractivity contribution in [2.75, 3.05) is 19.7 Å². The minimum atomic E-state index is -0.0108. The maximum atomic E-state index is 11.7. The zero-order valence-electron chi connectivity index (χ0n) is 11.8. The SMILES string of the molecule is CC1CN(Cc2c(O)ccc3c2OCC3=O)CC(C)N1. The normalized spacial score (nSPS) is 26.4. The fourth-order valence-electron chi connectivity index (χ4n) is 3.16. The molecular weight excluding hydrogens is 256 g/mol. The molecule has 1 fully saturated rings. The van der Waals surface area contributed by atoms with E-state index < -0.39 is 0 Å². The van der Waals surface area contributed by atoms with Gasteiger partial charge in [0.15, 0.2) is 6.61 Å². The van der Waals surface area contributed by atoms with Crippen molar-refractivity contribution in [3.63, 3.8) is 0 Å². The molecule has 2 atom stereocenters. The van der Waals surface area contributed by atoms with Gasteiger partial charge in [0, 0.05) is 31.7 Å². The van der Waals surface area contributed by atoms with Gasteiger partial charge in [0.05, 0.1) is 11.1 Å². The van der Waals surface area contributed by atoms with Crippen LogP contribution in [0.5, 0.6) is 11.5 Å². The van der Waals surface area contributed by atoms with Crippen LogP contribution in [0.4, 0.5) is 0 Å². The Morgan fingerprint density at radius 2 is 2.05 bits per heavy atom. The summed E-state index contributed by atoms with van der Waals surface area (Å²) in [5.74, 6) is 0.759. The molecule has 2 heterocycles. The van der Waals surface area contributed by atoms with Crippen molar-refractivity contribution in [1.29, 1.82) is 0 Å². The van der Waals surface area contributed by atoms with E-state index in [2.05, 4.69) is 24.1 Å². The van der Waals surface area contributed by atoms with Crippen LogP contribution in [0.15, 0.2) is 12.1 Å². The highest BCUT2D eigenvalue weighted by atomic mass is 16.5. The smallest absolute Gasteiger partial charge is 0.203 e. The molecule has 1 aromatic carbocycles. The highest BCUT2D eigenvalue weighted by Crippen LogP contribution is 2.36. The Morgan fingerprint density at radius 1 is 1.35 bits per heavy atom. The van der Waals surface area contributed by atoms with Crippen molar-refractivity contribution < 1.29 is 14.6 Å². The summed E-state index contributed by atoms with van der Waals surface area (Å²) in [5, 5.41) is 13.6. The minimum absolute atomic E-state index is 0.0108. The Morgan fingerprint density at radius 3 is 2.75 bits per heavy atom. The number of carbonyl (C=O) groups is 1. The predicted octanol–water partition coefficient (Wildman–Crippen LogP) is 1.15. The second-order valence-electron chi connectivity index (χ2n) is 5.81. The number of ether oxygens (including phenoxy) is 1. The molecule has 2 N–H and O–H groups in total. The third-order valence-corrected chi connectivity index (χ3v) is 3.90. The number of Topliss-reactive ketones (excluding diaryl/α,β-unsaturated/α-hetero) is 1. The lowest BCUT2D eigenvalue weighted by Gasteiger charge is -2.36. The van der Waals surface area contributed by atoms with E-state index in [1.165, 1.54) is 0 Å². The van der Waals surface area contributed by atoms with E-state index in [0.29, 0.717) is 29.9 Å². The number of phenolic OH excluding ortho intramolecular Hbond substituents is 1. The van der Waals surface area contributed by atoms with Crippen LogP contribution in [0.25, 0.3) is 0 Å². The van der Waals surface area contributed by atoms with Crippen LogP contribution in [0.3, 0.4) is 0 Å². The van der Waals surface area contributed by atoms with Crippen molar-refractivity contribution in [2.24, 2.45) is 0 Å². The van der Waals surface area contributed by atoms with Gasteiger partial charge < -0.3 is 15.2 Å². The highest BCUT2D eigenvalue weighted by molar-refractivity contribution is 6.02. The molecule has 0 saturated carbocycles. The van der Waals surface area contributed by atoms with Crippen LogP contribution in [0.1, 0.15) is 29.8 Å². The summed E-state index contributed by atoms with van der Waals surface area (Å²) >= 11 is 0. The monoisotopic (exact) mass is 276 g/mol. The summed E-state index contributed by atoms with van der Waals surface area (Å²) in [5.41, 5.74) is 1.32. The van der Waals surface area contributed by atoms with Crippen LogP contribution < -0.4 is 10.1 Å². The number of hydrogen-bond donors (Lipinski definition) is 2. The maximum Gasteiger partial charge on any atom is 0.203 e. The molecule has 0 radical (unpaired) electrons. The zero-order valence-corrected chi connectivity index (χ0v) is 11.8. The second-order valence-corrected chi connectivity index (χ2v) is 5.81. The lowest BCUT2D eigenvalue weighted by molar-refractivity contribution is 0.0960. The first-order valence-electron chi connectivity index (χ1n) is 7.04. The van der Waals surface area contributed by atoms with Gasteiger partial charge >= 0.3 is 0 Å². The Kier molecular flexibility index (Phi) is 3.40. The van der Waals surface area contributed by atoms with E-state index in [-0.39, 0.29) is 18.1 Å².